The Balaban J connectivity index is 0.000000429. The number of rotatable bonds is 6. The quantitative estimate of drug-likeness (QED) is 0.240. The number of thioether (sulfide) groups is 1. The normalized spacial score (nSPS) is 13.3. The molecule has 2 heterocycles. The predicted octanol–water partition coefficient (Wildman–Crippen LogP) is 10.2. The van der Waals surface area contributed by atoms with E-state index < -0.39 is 0 Å². The molecule has 2 N–H and O–H groups in total. The van der Waals surface area contributed by atoms with Gasteiger partial charge in [-0.25, -0.2) is 9.97 Å². The molecular formula is C32H52N4OS. The smallest absolute Gasteiger partial charge is 0.180 e. The Hall–Kier alpha value is -2.34. The standard InChI is InChI=1S/C19H22N4S.C6H14.C3H6.C2H4O.C2H6/c1-11-9-16(18-19(20-11)22-12(2)21-18)23-15-8-7-14(10-17(15)24-3)13-5-4-6-13;1-4-5-6(2)3;1-2-3-1;1-2-3;1-2/h7-10,13H,4-6H2,1-3H3,(H2,20,21,22,23);6H,4-5H2,1-3H3;1-3H2;2H,1H3;1-2H3. The van der Waals surface area contributed by atoms with E-state index in [2.05, 4.69) is 71.6 Å². The van der Waals surface area contributed by atoms with Crippen molar-refractivity contribution in [3.8, 4) is 0 Å². The SMILES string of the molecule is C1CC1.CC.CC=O.CCCC(C)C.CSc1cc(C2CCC2)ccc1Nc1cc(C)nc2nc(C)[nH]c12. The van der Waals surface area contributed by atoms with Crippen LogP contribution in [0.1, 0.15) is 116 Å². The maximum absolute atomic E-state index is 8.81. The molecule has 0 bridgehead atoms. The number of anilines is 2. The summed E-state index contributed by atoms with van der Waals surface area (Å²) in [6.45, 7) is 16.1. The van der Waals surface area contributed by atoms with Gasteiger partial charge in [0.2, 0.25) is 0 Å². The first kappa shape index (κ1) is 33.7. The van der Waals surface area contributed by atoms with Crippen LogP contribution in [0.25, 0.3) is 11.2 Å². The molecule has 2 aliphatic rings. The van der Waals surface area contributed by atoms with Gasteiger partial charge < -0.3 is 15.1 Å². The van der Waals surface area contributed by atoms with E-state index in [1.165, 1.54) is 68.7 Å². The molecule has 0 unspecified atom stereocenters. The van der Waals surface area contributed by atoms with E-state index in [9.17, 15) is 0 Å². The number of pyridine rings is 1. The Bertz CT molecular complexity index is 1070. The van der Waals surface area contributed by atoms with Crippen LogP contribution >= 0.6 is 11.8 Å². The lowest BCUT2D eigenvalue weighted by Gasteiger charge is -2.26. The van der Waals surface area contributed by atoms with Crippen LogP contribution in [0.5, 0.6) is 0 Å². The first-order valence-corrected chi connectivity index (χ1v) is 15.7. The van der Waals surface area contributed by atoms with Gasteiger partial charge in [0, 0.05) is 10.6 Å². The fourth-order valence-electron chi connectivity index (χ4n) is 3.86. The summed E-state index contributed by atoms with van der Waals surface area (Å²) in [6, 6.07) is 8.91. The summed E-state index contributed by atoms with van der Waals surface area (Å²) in [5.74, 6) is 2.54. The first-order valence-electron chi connectivity index (χ1n) is 14.5. The number of aromatic amines is 1. The molecule has 0 spiro atoms. The zero-order chi connectivity index (χ0) is 28.5. The summed E-state index contributed by atoms with van der Waals surface area (Å²) in [7, 11) is 0. The van der Waals surface area contributed by atoms with Crippen molar-refractivity contribution in [2.75, 3.05) is 11.6 Å². The van der Waals surface area contributed by atoms with Crippen molar-refractivity contribution in [1.82, 2.24) is 15.0 Å². The van der Waals surface area contributed by atoms with Crippen molar-refractivity contribution >= 4 is 40.6 Å². The topological polar surface area (TPSA) is 70.7 Å². The van der Waals surface area contributed by atoms with Gasteiger partial charge in [0.15, 0.2) is 5.65 Å². The Labute approximate surface area is 236 Å². The van der Waals surface area contributed by atoms with E-state index in [0.29, 0.717) is 0 Å². The van der Waals surface area contributed by atoms with Crippen molar-refractivity contribution in [3.05, 3.63) is 41.3 Å². The third-order valence-electron chi connectivity index (χ3n) is 6.00. The van der Waals surface area contributed by atoms with Gasteiger partial charge in [-0.3, -0.25) is 0 Å². The lowest BCUT2D eigenvalue weighted by atomic mass is 9.80. The highest BCUT2D eigenvalue weighted by atomic mass is 32.2. The highest BCUT2D eigenvalue weighted by Gasteiger charge is 2.20. The molecule has 0 saturated heterocycles. The maximum Gasteiger partial charge on any atom is 0.180 e. The molecule has 3 aromatic rings. The van der Waals surface area contributed by atoms with Crippen LogP contribution in [-0.2, 0) is 4.79 Å². The number of H-pyrrole nitrogens is 1. The third-order valence-corrected chi connectivity index (χ3v) is 6.78. The van der Waals surface area contributed by atoms with Gasteiger partial charge in [-0.05, 0) is 75.5 Å². The molecule has 2 aromatic heterocycles. The molecule has 6 heteroatoms. The van der Waals surface area contributed by atoms with Gasteiger partial charge in [0.05, 0.1) is 11.4 Å². The molecule has 5 nitrogen and oxygen atoms in total. The Morgan fingerprint density at radius 3 is 2.13 bits per heavy atom. The minimum atomic E-state index is 0.750. The molecule has 1 aromatic carbocycles. The molecule has 5 rings (SSSR count). The maximum atomic E-state index is 8.81. The molecule has 2 saturated carbocycles. The Kier molecular flexibility index (Phi) is 16.7. The molecule has 0 radical (unpaired) electrons. The van der Waals surface area contributed by atoms with Crippen LogP contribution in [0.4, 0.5) is 11.4 Å². The Morgan fingerprint density at radius 2 is 1.68 bits per heavy atom. The van der Waals surface area contributed by atoms with Gasteiger partial charge in [0.1, 0.15) is 17.6 Å². The third kappa shape index (κ3) is 12.0. The van der Waals surface area contributed by atoms with Crippen LogP contribution in [0, 0.1) is 19.8 Å². The van der Waals surface area contributed by atoms with Crippen LogP contribution < -0.4 is 5.32 Å². The first-order chi connectivity index (χ1) is 18.3. The number of benzene rings is 1. The lowest BCUT2D eigenvalue weighted by molar-refractivity contribution is -0.106. The molecule has 38 heavy (non-hydrogen) atoms. The molecule has 2 aliphatic carbocycles. The fraction of sp³-hybridized carbons (Fsp3) is 0.594. The minimum absolute atomic E-state index is 0.750. The van der Waals surface area contributed by atoms with Crippen LogP contribution in [0.15, 0.2) is 29.2 Å². The van der Waals surface area contributed by atoms with Gasteiger partial charge in [-0.1, -0.05) is 79.2 Å². The van der Waals surface area contributed by atoms with E-state index in [0.717, 1.165) is 52.2 Å². The van der Waals surface area contributed by atoms with E-state index in [1.807, 2.05) is 27.7 Å². The number of fused-ring (bicyclic) bond motifs is 1. The Morgan fingerprint density at radius 1 is 1.05 bits per heavy atom. The second-order valence-corrected chi connectivity index (χ2v) is 10.9. The molecular weight excluding hydrogens is 488 g/mol. The number of aryl methyl sites for hydroxylation is 2. The summed E-state index contributed by atoms with van der Waals surface area (Å²) in [4.78, 5) is 22.4. The zero-order valence-electron chi connectivity index (χ0n) is 25.4. The summed E-state index contributed by atoms with van der Waals surface area (Å²) >= 11 is 1.79. The number of nitrogens with zero attached hydrogens (tertiary/aromatic N) is 2. The number of aromatic nitrogens is 3. The van der Waals surface area contributed by atoms with Crippen molar-refractivity contribution < 1.29 is 4.79 Å². The van der Waals surface area contributed by atoms with Crippen molar-refractivity contribution in [3.63, 3.8) is 0 Å². The minimum Gasteiger partial charge on any atom is -0.353 e. The average Bonchev–Trinajstić information content (AvgIpc) is 3.68. The number of hydrogen-bond donors (Lipinski definition) is 2. The van der Waals surface area contributed by atoms with Crippen LogP contribution in [0.2, 0.25) is 0 Å². The van der Waals surface area contributed by atoms with E-state index in [-0.39, 0.29) is 0 Å². The largest absolute Gasteiger partial charge is 0.353 e. The molecule has 0 amide bonds. The highest BCUT2D eigenvalue weighted by Crippen LogP contribution is 2.40. The molecule has 212 valence electrons. The second kappa shape index (κ2) is 18.8. The summed E-state index contributed by atoms with van der Waals surface area (Å²) < 4.78 is 0. The monoisotopic (exact) mass is 540 g/mol. The van der Waals surface area contributed by atoms with Crippen LogP contribution in [0.3, 0.4) is 0 Å². The van der Waals surface area contributed by atoms with Gasteiger partial charge in [-0.15, -0.1) is 11.8 Å². The number of aldehydes is 1. The van der Waals surface area contributed by atoms with Crippen molar-refractivity contribution in [2.45, 2.75) is 118 Å². The number of imidazole rings is 1. The van der Waals surface area contributed by atoms with Crippen molar-refractivity contribution in [2.24, 2.45) is 5.92 Å². The van der Waals surface area contributed by atoms with E-state index >= 15 is 0 Å². The summed E-state index contributed by atoms with van der Waals surface area (Å²) in [5, 5.41) is 3.59. The molecule has 2 fully saturated rings. The van der Waals surface area contributed by atoms with E-state index in [4.69, 9.17) is 4.79 Å². The number of carbonyl (C=O) groups excluding carboxylic acids is 1. The highest BCUT2D eigenvalue weighted by molar-refractivity contribution is 7.98. The molecule has 0 aliphatic heterocycles. The van der Waals surface area contributed by atoms with Gasteiger partial charge in [0.25, 0.3) is 0 Å². The van der Waals surface area contributed by atoms with E-state index in [1.54, 1.807) is 11.8 Å². The predicted molar refractivity (Wildman–Crippen MR) is 168 cm³/mol. The second-order valence-electron chi connectivity index (χ2n) is 10.0. The number of nitrogens with one attached hydrogen (secondary N) is 2. The molecule has 0 atom stereocenters. The van der Waals surface area contributed by atoms with Crippen LogP contribution in [-0.4, -0.2) is 27.5 Å². The van der Waals surface area contributed by atoms with Crippen molar-refractivity contribution in [1.29, 1.82) is 0 Å². The summed E-state index contributed by atoms with van der Waals surface area (Å²) in [5.41, 5.74) is 6.35. The number of hydrogen-bond acceptors (Lipinski definition) is 5. The zero-order valence-corrected chi connectivity index (χ0v) is 26.2. The lowest BCUT2D eigenvalue weighted by Crippen LogP contribution is -2.09. The summed E-state index contributed by atoms with van der Waals surface area (Å²) in [6.07, 6.45) is 14.1. The number of carbonyl (C=O) groups is 1. The average molecular weight is 541 g/mol. The van der Waals surface area contributed by atoms with Gasteiger partial charge in [-0.2, -0.15) is 0 Å². The van der Waals surface area contributed by atoms with Gasteiger partial charge >= 0.3 is 0 Å². The fourth-order valence-corrected chi connectivity index (χ4v) is 4.45.